The number of carbonyl (C=O) groups is 1. The number of hydrogen-bond acceptors (Lipinski definition) is 7. The van der Waals surface area contributed by atoms with Crippen molar-refractivity contribution in [3.05, 3.63) is 18.3 Å². The van der Waals surface area contributed by atoms with E-state index in [1.165, 1.54) is 0 Å². The fourth-order valence-electron chi connectivity index (χ4n) is 4.21. The SMILES string of the molecule is CCCCOCCOCCOc1cc(N2C3CCC2CN(C(=O)OC(C)(C)C)C3)ccn1. The van der Waals surface area contributed by atoms with Crippen LogP contribution < -0.4 is 9.64 Å². The molecule has 3 heterocycles. The summed E-state index contributed by atoms with van der Waals surface area (Å²) in [4.78, 5) is 21.1. The van der Waals surface area contributed by atoms with Crippen molar-refractivity contribution in [2.75, 3.05) is 51.0 Å². The number of nitrogens with zero attached hydrogens (tertiary/aromatic N) is 3. The number of piperazine rings is 1. The van der Waals surface area contributed by atoms with Crippen molar-refractivity contribution < 1.29 is 23.7 Å². The van der Waals surface area contributed by atoms with Crippen molar-refractivity contribution in [1.29, 1.82) is 0 Å². The Morgan fingerprint density at radius 2 is 1.72 bits per heavy atom. The molecule has 2 saturated heterocycles. The van der Waals surface area contributed by atoms with Gasteiger partial charge in [-0.25, -0.2) is 9.78 Å². The smallest absolute Gasteiger partial charge is 0.410 e. The van der Waals surface area contributed by atoms with Gasteiger partial charge in [0, 0.05) is 49.7 Å². The molecular formula is C24H39N3O5. The molecule has 1 aromatic rings. The largest absolute Gasteiger partial charge is 0.475 e. The average molecular weight is 450 g/mol. The third-order valence-electron chi connectivity index (χ3n) is 5.64. The average Bonchev–Trinajstić information content (AvgIpc) is 3.01. The summed E-state index contributed by atoms with van der Waals surface area (Å²) in [7, 11) is 0. The number of fused-ring (bicyclic) bond motifs is 2. The zero-order valence-electron chi connectivity index (χ0n) is 20.0. The van der Waals surface area contributed by atoms with Crippen LogP contribution >= 0.6 is 0 Å². The lowest BCUT2D eigenvalue weighted by molar-refractivity contribution is 0.0209. The van der Waals surface area contributed by atoms with Crippen LogP contribution in [0.25, 0.3) is 0 Å². The fourth-order valence-corrected chi connectivity index (χ4v) is 4.21. The number of amides is 1. The summed E-state index contributed by atoms with van der Waals surface area (Å²) in [6, 6.07) is 4.58. The molecule has 2 atom stereocenters. The molecule has 2 aliphatic heterocycles. The molecule has 0 saturated carbocycles. The quantitative estimate of drug-likeness (QED) is 0.475. The maximum Gasteiger partial charge on any atom is 0.410 e. The van der Waals surface area contributed by atoms with Crippen LogP contribution in [0.15, 0.2) is 18.3 Å². The van der Waals surface area contributed by atoms with Gasteiger partial charge in [-0.05, 0) is 46.1 Å². The summed E-state index contributed by atoms with van der Waals surface area (Å²) in [6.45, 7) is 12.2. The first kappa shape index (κ1) is 24.6. The van der Waals surface area contributed by atoms with E-state index in [0.29, 0.717) is 45.4 Å². The molecule has 32 heavy (non-hydrogen) atoms. The molecule has 2 fully saturated rings. The minimum atomic E-state index is -0.476. The van der Waals surface area contributed by atoms with Gasteiger partial charge >= 0.3 is 6.09 Å². The second-order valence-electron chi connectivity index (χ2n) is 9.46. The number of ether oxygens (including phenoxy) is 4. The lowest BCUT2D eigenvalue weighted by Crippen LogP contribution is -2.56. The second kappa shape index (κ2) is 11.7. The monoisotopic (exact) mass is 449 g/mol. The van der Waals surface area contributed by atoms with Gasteiger partial charge in [0.15, 0.2) is 0 Å². The Balaban J connectivity index is 1.45. The number of aromatic nitrogens is 1. The van der Waals surface area contributed by atoms with Gasteiger partial charge in [-0.15, -0.1) is 0 Å². The summed E-state index contributed by atoms with van der Waals surface area (Å²) in [5.74, 6) is 0.597. The Morgan fingerprint density at radius 1 is 1.06 bits per heavy atom. The molecule has 8 heteroatoms. The van der Waals surface area contributed by atoms with E-state index in [4.69, 9.17) is 18.9 Å². The molecule has 0 spiro atoms. The molecule has 0 aliphatic carbocycles. The predicted molar refractivity (Wildman–Crippen MR) is 123 cm³/mol. The summed E-state index contributed by atoms with van der Waals surface area (Å²) in [5, 5.41) is 0. The number of likely N-dealkylation sites (tertiary alicyclic amines) is 1. The first-order valence-electron chi connectivity index (χ1n) is 11.9. The molecule has 0 aromatic carbocycles. The molecular weight excluding hydrogens is 410 g/mol. The molecule has 0 N–H and O–H groups in total. The van der Waals surface area contributed by atoms with Crippen molar-refractivity contribution >= 4 is 11.8 Å². The number of pyridine rings is 1. The zero-order valence-corrected chi connectivity index (χ0v) is 20.0. The van der Waals surface area contributed by atoms with Crippen LogP contribution in [0.4, 0.5) is 10.5 Å². The third-order valence-corrected chi connectivity index (χ3v) is 5.64. The van der Waals surface area contributed by atoms with E-state index in [1.54, 1.807) is 6.20 Å². The highest BCUT2D eigenvalue weighted by Gasteiger charge is 2.42. The van der Waals surface area contributed by atoms with Gasteiger partial charge in [-0.2, -0.15) is 0 Å². The number of anilines is 1. The van der Waals surface area contributed by atoms with Crippen molar-refractivity contribution in [2.45, 2.75) is 71.1 Å². The second-order valence-corrected chi connectivity index (χ2v) is 9.46. The normalized spacial score (nSPS) is 20.5. The molecule has 2 unspecified atom stereocenters. The van der Waals surface area contributed by atoms with E-state index in [1.807, 2.05) is 37.8 Å². The van der Waals surface area contributed by atoms with Crippen LogP contribution in [0.1, 0.15) is 53.4 Å². The van der Waals surface area contributed by atoms with Crippen LogP contribution in [-0.4, -0.2) is 79.8 Å². The minimum absolute atomic E-state index is 0.219. The fraction of sp³-hybridized carbons (Fsp3) is 0.750. The number of unbranched alkanes of at least 4 members (excludes halogenated alkanes) is 1. The van der Waals surface area contributed by atoms with Crippen molar-refractivity contribution in [3.8, 4) is 5.88 Å². The summed E-state index contributed by atoms with van der Waals surface area (Å²) < 4.78 is 22.4. The van der Waals surface area contributed by atoms with E-state index in [-0.39, 0.29) is 18.2 Å². The van der Waals surface area contributed by atoms with E-state index in [9.17, 15) is 4.79 Å². The molecule has 8 nitrogen and oxygen atoms in total. The van der Waals surface area contributed by atoms with Gasteiger partial charge in [0.2, 0.25) is 5.88 Å². The van der Waals surface area contributed by atoms with Gasteiger partial charge < -0.3 is 28.7 Å². The van der Waals surface area contributed by atoms with E-state index in [0.717, 1.165) is 38.0 Å². The number of carbonyl (C=O) groups excluding carboxylic acids is 1. The zero-order chi connectivity index (χ0) is 23.0. The minimum Gasteiger partial charge on any atom is -0.475 e. The maximum absolute atomic E-state index is 12.5. The van der Waals surface area contributed by atoms with Crippen LogP contribution in [0, 0.1) is 0 Å². The van der Waals surface area contributed by atoms with Crippen LogP contribution in [0.5, 0.6) is 5.88 Å². The Morgan fingerprint density at radius 3 is 2.38 bits per heavy atom. The van der Waals surface area contributed by atoms with Crippen molar-refractivity contribution in [2.24, 2.45) is 0 Å². The first-order valence-corrected chi connectivity index (χ1v) is 11.9. The van der Waals surface area contributed by atoms with Crippen LogP contribution in [0.3, 0.4) is 0 Å². The molecule has 1 amide bonds. The van der Waals surface area contributed by atoms with E-state index >= 15 is 0 Å². The molecule has 0 radical (unpaired) electrons. The molecule has 2 aliphatic rings. The van der Waals surface area contributed by atoms with Gasteiger partial charge in [0.05, 0.1) is 19.8 Å². The lowest BCUT2D eigenvalue weighted by Gasteiger charge is -2.42. The Hall–Kier alpha value is -2.06. The Labute approximate surface area is 192 Å². The maximum atomic E-state index is 12.5. The van der Waals surface area contributed by atoms with E-state index < -0.39 is 5.60 Å². The Bertz CT molecular complexity index is 710. The summed E-state index contributed by atoms with van der Waals surface area (Å²) in [6.07, 6.45) is 5.92. The standard InChI is InChI=1S/C24H39N3O5/c1-5-6-11-29-12-13-30-14-15-31-22-16-19(9-10-25-22)27-20-7-8-21(27)18-26(17-20)23(28)32-24(2,3)4/h9-10,16,20-21H,5-8,11-15,17-18H2,1-4H3. The van der Waals surface area contributed by atoms with Crippen molar-refractivity contribution in [3.63, 3.8) is 0 Å². The van der Waals surface area contributed by atoms with Gasteiger partial charge in [-0.1, -0.05) is 13.3 Å². The van der Waals surface area contributed by atoms with Gasteiger partial charge in [0.1, 0.15) is 12.2 Å². The van der Waals surface area contributed by atoms with Gasteiger partial charge in [0.25, 0.3) is 0 Å². The highest BCUT2D eigenvalue weighted by Crippen LogP contribution is 2.36. The highest BCUT2D eigenvalue weighted by molar-refractivity contribution is 5.69. The van der Waals surface area contributed by atoms with Crippen LogP contribution in [0.2, 0.25) is 0 Å². The number of hydrogen-bond donors (Lipinski definition) is 0. The molecule has 3 rings (SSSR count). The topological polar surface area (TPSA) is 73.4 Å². The highest BCUT2D eigenvalue weighted by atomic mass is 16.6. The van der Waals surface area contributed by atoms with Gasteiger partial charge in [-0.3, -0.25) is 0 Å². The van der Waals surface area contributed by atoms with Crippen LogP contribution in [-0.2, 0) is 14.2 Å². The summed E-state index contributed by atoms with van der Waals surface area (Å²) in [5.41, 5.74) is 0.618. The number of rotatable bonds is 11. The van der Waals surface area contributed by atoms with E-state index in [2.05, 4.69) is 16.8 Å². The van der Waals surface area contributed by atoms with Crippen molar-refractivity contribution in [1.82, 2.24) is 9.88 Å². The Kier molecular flexibility index (Phi) is 8.99. The molecule has 180 valence electrons. The first-order chi connectivity index (χ1) is 15.4. The predicted octanol–water partition coefficient (Wildman–Crippen LogP) is 3.88. The lowest BCUT2D eigenvalue weighted by atomic mass is 10.1. The summed E-state index contributed by atoms with van der Waals surface area (Å²) >= 11 is 0. The third kappa shape index (κ3) is 7.24. The molecule has 1 aromatic heterocycles. The molecule has 2 bridgehead atoms.